The molecule has 1 atom stereocenters. The van der Waals surface area contributed by atoms with E-state index in [0.717, 1.165) is 49.0 Å². The van der Waals surface area contributed by atoms with Crippen LogP contribution in [0.25, 0.3) is 11.4 Å². The lowest BCUT2D eigenvalue weighted by molar-refractivity contribution is 0.490. The summed E-state index contributed by atoms with van der Waals surface area (Å²) in [5, 5.41) is 16.4. The number of hydrogen-bond acceptors (Lipinski definition) is 5. The fourth-order valence-electron chi connectivity index (χ4n) is 3.22. The fraction of sp³-hybridized carbons (Fsp3) is 0.263. The van der Waals surface area contributed by atoms with E-state index >= 15 is 0 Å². The summed E-state index contributed by atoms with van der Waals surface area (Å²) >= 11 is 0. The van der Waals surface area contributed by atoms with Crippen molar-refractivity contribution in [2.75, 3.05) is 18.0 Å². The van der Waals surface area contributed by atoms with Gasteiger partial charge in [-0.15, -0.1) is 0 Å². The quantitative estimate of drug-likeness (QED) is 0.798. The molecule has 0 bridgehead atoms. The predicted molar refractivity (Wildman–Crippen MR) is 95.0 cm³/mol. The van der Waals surface area contributed by atoms with E-state index in [0.29, 0.717) is 11.5 Å². The molecule has 2 aromatic heterocycles. The third-order valence-corrected chi connectivity index (χ3v) is 4.54. The minimum absolute atomic E-state index is 0.302. The molecule has 4 rings (SSSR count). The Bertz CT molecular complexity index is 878. The normalized spacial score (nSPS) is 17.2. The van der Waals surface area contributed by atoms with Crippen LogP contribution in [0.2, 0.25) is 0 Å². The Kier molecular flexibility index (Phi) is 4.13. The fourth-order valence-corrected chi connectivity index (χ4v) is 3.22. The molecule has 3 heterocycles. The first-order chi connectivity index (χ1) is 12.3. The molecular weight excluding hydrogens is 312 g/mol. The zero-order chi connectivity index (χ0) is 17.1. The summed E-state index contributed by atoms with van der Waals surface area (Å²) in [5.41, 5.74) is 1.60. The predicted octanol–water partition coefficient (Wildman–Crippen LogP) is 3.12. The van der Waals surface area contributed by atoms with Gasteiger partial charge in [0.05, 0.1) is 5.56 Å². The molecule has 1 fully saturated rings. The Morgan fingerprint density at radius 3 is 2.80 bits per heavy atom. The summed E-state index contributed by atoms with van der Waals surface area (Å²) < 4.78 is 0. The second kappa shape index (κ2) is 6.73. The number of anilines is 1. The maximum Gasteiger partial charge on any atom is 0.181 e. The van der Waals surface area contributed by atoms with Crippen LogP contribution >= 0.6 is 0 Å². The van der Waals surface area contributed by atoms with Gasteiger partial charge in [-0.05, 0) is 25.0 Å². The average molecular weight is 330 g/mol. The number of piperidine rings is 1. The number of nitrogens with one attached hydrogen (secondary N) is 1. The van der Waals surface area contributed by atoms with E-state index in [-0.39, 0.29) is 0 Å². The Hall–Kier alpha value is -3.20. The number of nitriles is 1. The third-order valence-electron chi connectivity index (χ3n) is 4.54. The molecule has 6 heteroatoms. The third kappa shape index (κ3) is 3.22. The van der Waals surface area contributed by atoms with Crippen LogP contribution in [-0.2, 0) is 0 Å². The molecule has 0 unspecified atom stereocenters. The Morgan fingerprint density at radius 1 is 1.16 bits per heavy atom. The monoisotopic (exact) mass is 330 g/mol. The zero-order valence-corrected chi connectivity index (χ0v) is 13.8. The van der Waals surface area contributed by atoms with Crippen LogP contribution in [0, 0.1) is 11.3 Å². The van der Waals surface area contributed by atoms with E-state index in [9.17, 15) is 0 Å². The van der Waals surface area contributed by atoms with Crippen molar-refractivity contribution in [2.45, 2.75) is 18.8 Å². The van der Waals surface area contributed by atoms with Crippen molar-refractivity contribution in [1.29, 1.82) is 5.26 Å². The molecule has 0 aliphatic carbocycles. The van der Waals surface area contributed by atoms with Crippen LogP contribution in [0.1, 0.15) is 30.1 Å². The van der Waals surface area contributed by atoms with E-state index in [1.165, 1.54) is 0 Å². The Morgan fingerprint density at radius 2 is 2.04 bits per heavy atom. The van der Waals surface area contributed by atoms with Gasteiger partial charge in [-0.25, -0.2) is 9.97 Å². The first-order valence-corrected chi connectivity index (χ1v) is 8.42. The largest absolute Gasteiger partial charge is 0.356 e. The average Bonchev–Trinajstić information content (AvgIpc) is 3.19. The van der Waals surface area contributed by atoms with Gasteiger partial charge >= 0.3 is 0 Å². The topological polar surface area (TPSA) is 81.5 Å². The lowest BCUT2D eigenvalue weighted by Gasteiger charge is -2.32. The highest BCUT2D eigenvalue weighted by atomic mass is 15.2. The van der Waals surface area contributed by atoms with Crippen molar-refractivity contribution in [1.82, 2.24) is 20.2 Å². The molecule has 1 aromatic carbocycles. The molecule has 3 aromatic rings. The van der Waals surface area contributed by atoms with Gasteiger partial charge in [0.15, 0.2) is 5.82 Å². The number of rotatable bonds is 3. The summed E-state index contributed by atoms with van der Waals surface area (Å²) in [5.74, 6) is 2.88. The number of nitrogens with zero attached hydrogens (tertiary/aromatic N) is 5. The van der Waals surface area contributed by atoms with Crippen molar-refractivity contribution in [3.8, 4) is 17.5 Å². The molecule has 1 aliphatic rings. The number of hydrogen-bond donors (Lipinski definition) is 1. The second-order valence-electron chi connectivity index (χ2n) is 6.21. The highest BCUT2D eigenvalue weighted by molar-refractivity contribution is 5.54. The summed E-state index contributed by atoms with van der Waals surface area (Å²) in [6.45, 7) is 1.82. The van der Waals surface area contributed by atoms with E-state index in [2.05, 4.69) is 26.2 Å². The minimum Gasteiger partial charge on any atom is -0.356 e. The molecule has 0 saturated carbocycles. The number of aromatic nitrogens is 4. The summed E-state index contributed by atoms with van der Waals surface area (Å²) in [4.78, 5) is 11.4. The Balaban J connectivity index is 1.51. The lowest BCUT2D eigenvalue weighted by Crippen LogP contribution is -2.35. The molecule has 0 radical (unpaired) electrons. The van der Waals surface area contributed by atoms with Crippen LogP contribution in [0.15, 0.2) is 48.7 Å². The van der Waals surface area contributed by atoms with Crippen LogP contribution < -0.4 is 4.90 Å². The second-order valence-corrected chi connectivity index (χ2v) is 6.21. The molecule has 124 valence electrons. The van der Waals surface area contributed by atoms with E-state index in [1.54, 1.807) is 6.20 Å². The van der Waals surface area contributed by atoms with Gasteiger partial charge in [0.1, 0.15) is 17.7 Å². The Labute approximate surface area is 146 Å². The first kappa shape index (κ1) is 15.3. The summed E-state index contributed by atoms with van der Waals surface area (Å²) in [6, 6.07) is 15.8. The molecule has 1 N–H and O–H groups in total. The molecule has 6 nitrogen and oxygen atoms in total. The molecule has 1 aliphatic heterocycles. The highest BCUT2D eigenvalue weighted by Crippen LogP contribution is 2.28. The van der Waals surface area contributed by atoms with Crippen molar-refractivity contribution >= 4 is 5.82 Å². The van der Waals surface area contributed by atoms with E-state index < -0.39 is 0 Å². The highest BCUT2D eigenvalue weighted by Gasteiger charge is 2.25. The summed E-state index contributed by atoms with van der Waals surface area (Å²) in [7, 11) is 0. The van der Waals surface area contributed by atoms with Crippen LogP contribution in [0.4, 0.5) is 5.82 Å². The van der Waals surface area contributed by atoms with Crippen molar-refractivity contribution in [2.24, 2.45) is 0 Å². The SMILES string of the molecule is N#Cc1ccc(N2CCC[C@@H](c3nc(-c4ccccc4)n[nH]3)C2)nc1. The smallest absolute Gasteiger partial charge is 0.181 e. The van der Waals surface area contributed by atoms with Gasteiger partial charge in [-0.1, -0.05) is 30.3 Å². The van der Waals surface area contributed by atoms with Crippen LogP contribution in [0.5, 0.6) is 0 Å². The molecule has 0 spiro atoms. The number of pyridine rings is 1. The maximum absolute atomic E-state index is 8.90. The number of benzene rings is 1. The number of aromatic amines is 1. The molecular formula is C19H18N6. The summed E-state index contributed by atoms with van der Waals surface area (Å²) in [6.07, 6.45) is 3.78. The van der Waals surface area contributed by atoms with E-state index in [4.69, 9.17) is 10.2 Å². The van der Waals surface area contributed by atoms with Crippen LogP contribution in [-0.4, -0.2) is 33.3 Å². The molecule has 1 saturated heterocycles. The van der Waals surface area contributed by atoms with Crippen LogP contribution in [0.3, 0.4) is 0 Å². The molecule has 25 heavy (non-hydrogen) atoms. The molecule has 0 amide bonds. The van der Waals surface area contributed by atoms with Gasteiger partial charge in [-0.2, -0.15) is 10.4 Å². The standard InChI is InChI=1S/C19H18N6/c20-11-14-8-9-17(21-12-14)25-10-4-7-16(13-25)19-22-18(23-24-19)15-5-2-1-3-6-15/h1-3,5-6,8-9,12,16H,4,7,10,13H2,(H,22,23,24)/t16-/m1/s1. The lowest BCUT2D eigenvalue weighted by atomic mass is 9.97. The van der Waals surface area contributed by atoms with Gasteiger partial charge < -0.3 is 4.90 Å². The van der Waals surface area contributed by atoms with E-state index in [1.807, 2.05) is 42.5 Å². The van der Waals surface area contributed by atoms with Gasteiger partial charge in [0, 0.05) is 30.8 Å². The zero-order valence-electron chi connectivity index (χ0n) is 13.8. The van der Waals surface area contributed by atoms with Crippen molar-refractivity contribution in [3.05, 3.63) is 60.0 Å². The first-order valence-electron chi connectivity index (χ1n) is 8.42. The number of H-pyrrole nitrogens is 1. The van der Waals surface area contributed by atoms with Gasteiger partial charge in [0.25, 0.3) is 0 Å². The minimum atomic E-state index is 0.302. The van der Waals surface area contributed by atoms with Crippen molar-refractivity contribution in [3.63, 3.8) is 0 Å². The maximum atomic E-state index is 8.90. The van der Waals surface area contributed by atoms with Crippen molar-refractivity contribution < 1.29 is 0 Å². The van der Waals surface area contributed by atoms with Gasteiger partial charge in [-0.3, -0.25) is 5.10 Å². The van der Waals surface area contributed by atoms with Gasteiger partial charge in [0.2, 0.25) is 0 Å².